The van der Waals surface area contributed by atoms with Gasteiger partial charge in [-0.25, -0.2) is 8.78 Å². The van der Waals surface area contributed by atoms with Gasteiger partial charge in [-0.05, 0) is 37.3 Å². The molecule has 27 heavy (non-hydrogen) atoms. The number of guanidine groups is 1. The van der Waals surface area contributed by atoms with Crippen LogP contribution in [0, 0.1) is 17.6 Å². The van der Waals surface area contributed by atoms with Crippen molar-refractivity contribution in [3.63, 3.8) is 0 Å². The zero-order valence-corrected chi connectivity index (χ0v) is 15.8. The number of aliphatic imine (C=N–C) groups is 1. The minimum atomic E-state index is -0.919. The van der Waals surface area contributed by atoms with Gasteiger partial charge in [-0.1, -0.05) is 0 Å². The quantitative estimate of drug-likeness (QED) is 0.368. The van der Waals surface area contributed by atoms with Crippen LogP contribution in [0.5, 0.6) is 5.75 Å². The van der Waals surface area contributed by atoms with Crippen molar-refractivity contribution in [3.05, 3.63) is 29.8 Å². The Labute approximate surface area is 159 Å². The highest BCUT2D eigenvalue weighted by atomic mass is 19.2. The van der Waals surface area contributed by atoms with Crippen LogP contribution >= 0.6 is 0 Å². The first-order chi connectivity index (χ1) is 13.2. The lowest BCUT2D eigenvalue weighted by Crippen LogP contribution is -2.40. The Morgan fingerprint density at radius 2 is 1.93 bits per heavy atom. The summed E-state index contributed by atoms with van der Waals surface area (Å²) in [6, 6.07) is 3.47. The van der Waals surface area contributed by atoms with Gasteiger partial charge in [0.15, 0.2) is 17.6 Å². The smallest absolute Gasteiger partial charge is 0.191 e. The minimum absolute atomic E-state index is 0.292. The standard InChI is InChI=1S/C19H29F2N3O3/c1-22-19(23-7-2-9-26-14-15-5-10-25-11-6-15)24-8-12-27-16-3-4-17(20)18(21)13-16/h3-4,13,15H,2,5-12,14H2,1H3,(H2,22,23,24). The van der Waals surface area contributed by atoms with Crippen LogP contribution in [0.1, 0.15) is 19.3 Å². The van der Waals surface area contributed by atoms with Crippen molar-refractivity contribution >= 4 is 5.96 Å². The third-order valence-electron chi connectivity index (χ3n) is 4.23. The van der Waals surface area contributed by atoms with Crippen molar-refractivity contribution in [3.8, 4) is 5.75 Å². The summed E-state index contributed by atoms with van der Waals surface area (Å²) in [6.45, 7) is 4.74. The van der Waals surface area contributed by atoms with E-state index in [-0.39, 0.29) is 0 Å². The average molecular weight is 385 g/mol. The van der Waals surface area contributed by atoms with Crippen LogP contribution in [0.15, 0.2) is 23.2 Å². The zero-order chi connectivity index (χ0) is 19.3. The number of hydrogen-bond acceptors (Lipinski definition) is 4. The molecule has 6 nitrogen and oxygen atoms in total. The molecule has 2 rings (SSSR count). The van der Waals surface area contributed by atoms with Crippen molar-refractivity contribution in [1.82, 2.24) is 10.6 Å². The first-order valence-electron chi connectivity index (χ1n) is 9.37. The normalized spacial score (nSPS) is 15.6. The van der Waals surface area contributed by atoms with E-state index in [1.165, 1.54) is 6.07 Å². The second-order valence-electron chi connectivity index (χ2n) is 6.33. The molecule has 0 aliphatic carbocycles. The molecular formula is C19H29F2N3O3. The van der Waals surface area contributed by atoms with Gasteiger partial charge < -0.3 is 24.8 Å². The molecule has 1 fully saturated rings. The molecule has 1 heterocycles. The van der Waals surface area contributed by atoms with Gasteiger partial charge in [0.1, 0.15) is 12.4 Å². The number of ether oxygens (including phenoxy) is 3. The fourth-order valence-corrected chi connectivity index (χ4v) is 2.67. The van der Waals surface area contributed by atoms with Crippen LogP contribution in [-0.4, -0.2) is 59.1 Å². The van der Waals surface area contributed by atoms with Gasteiger partial charge >= 0.3 is 0 Å². The van der Waals surface area contributed by atoms with Crippen molar-refractivity contribution in [2.75, 3.05) is 53.2 Å². The second-order valence-corrected chi connectivity index (χ2v) is 6.33. The molecule has 0 bridgehead atoms. The fourth-order valence-electron chi connectivity index (χ4n) is 2.67. The summed E-state index contributed by atoms with van der Waals surface area (Å²) in [7, 11) is 1.69. The van der Waals surface area contributed by atoms with E-state index in [9.17, 15) is 8.78 Å². The summed E-state index contributed by atoms with van der Waals surface area (Å²) >= 11 is 0. The molecule has 1 aliphatic heterocycles. The highest BCUT2D eigenvalue weighted by Crippen LogP contribution is 2.15. The van der Waals surface area contributed by atoms with E-state index in [1.807, 2.05) is 0 Å². The Morgan fingerprint density at radius 1 is 1.15 bits per heavy atom. The summed E-state index contributed by atoms with van der Waals surface area (Å²) < 4.78 is 42.4. The lowest BCUT2D eigenvalue weighted by Gasteiger charge is -2.21. The van der Waals surface area contributed by atoms with Gasteiger partial charge in [0.2, 0.25) is 0 Å². The number of nitrogens with zero attached hydrogens (tertiary/aromatic N) is 1. The van der Waals surface area contributed by atoms with Crippen molar-refractivity contribution in [2.45, 2.75) is 19.3 Å². The summed E-state index contributed by atoms with van der Waals surface area (Å²) in [5.41, 5.74) is 0. The van der Waals surface area contributed by atoms with Crippen LogP contribution in [0.4, 0.5) is 8.78 Å². The summed E-state index contributed by atoms with van der Waals surface area (Å²) in [5.74, 6) is -0.233. The highest BCUT2D eigenvalue weighted by molar-refractivity contribution is 5.79. The number of hydrogen-bond donors (Lipinski definition) is 2. The summed E-state index contributed by atoms with van der Waals surface area (Å²) in [4.78, 5) is 4.12. The molecule has 1 aliphatic rings. The van der Waals surface area contributed by atoms with Gasteiger partial charge in [-0.2, -0.15) is 0 Å². The molecule has 8 heteroatoms. The molecule has 1 saturated heterocycles. The van der Waals surface area contributed by atoms with E-state index in [4.69, 9.17) is 14.2 Å². The molecule has 0 amide bonds. The lowest BCUT2D eigenvalue weighted by molar-refractivity contribution is 0.0203. The average Bonchev–Trinajstić information content (AvgIpc) is 2.69. The van der Waals surface area contributed by atoms with Gasteiger partial charge in [-0.3, -0.25) is 4.99 Å². The molecule has 152 valence electrons. The highest BCUT2D eigenvalue weighted by Gasteiger charge is 2.13. The van der Waals surface area contributed by atoms with Crippen molar-refractivity contribution in [2.24, 2.45) is 10.9 Å². The minimum Gasteiger partial charge on any atom is -0.492 e. The number of halogens is 2. The van der Waals surface area contributed by atoms with Crippen molar-refractivity contribution < 1.29 is 23.0 Å². The molecule has 1 aromatic rings. The Balaban J connectivity index is 1.49. The lowest BCUT2D eigenvalue weighted by atomic mass is 10.0. The molecule has 0 spiro atoms. The SMILES string of the molecule is CN=C(NCCCOCC1CCOCC1)NCCOc1ccc(F)c(F)c1. The van der Waals surface area contributed by atoms with E-state index in [0.29, 0.717) is 37.4 Å². The first kappa shape index (κ1) is 21.4. The molecule has 0 saturated carbocycles. The van der Waals surface area contributed by atoms with Gasteiger partial charge in [0.05, 0.1) is 6.54 Å². The van der Waals surface area contributed by atoms with Crippen molar-refractivity contribution in [1.29, 1.82) is 0 Å². The zero-order valence-electron chi connectivity index (χ0n) is 15.8. The van der Waals surface area contributed by atoms with Gasteiger partial charge in [-0.15, -0.1) is 0 Å². The number of benzene rings is 1. The predicted molar refractivity (Wildman–Crippen MR) is 100 cm³/mol. The Kier molecular flexibility index (Phi) is 9.86. The first-order valence-corrected chi connectivity index (χ1v) is 9.37. The molecule has 0 atom stereocenters. The van der Waals surface area contributed by atoms with Crippen LogP contribution in [0.2, 0.25) is 0 Å². The largest absolute Gasteiger partial charge is 0.492 e. The maximum absolute atomic E-state index is 13.1. The third-order valence-corrected chi connectivity index (χ3v) is 4.23. The molecule has 2 N–H and O–H groups in total. The Bertz CT molecular complexity index is 581. The van der Waals surface area contributed by atoms with E-state index in [2.05, 4.69) is 15.6 Å². The Hall–Kier alpha value is -1.93. The fraction of sp³-hybridized carbons (Fsp3) is 0.632. The van der Waals surface area contributed by atoms with Crippen LogP contribution in [0.3, 0.4) is 0 Å². The maximum atomic E-state index is 13.1. The molecule has 0 aromatic heterocycles. The number of rotatable bonds is 10. The maximum Gasteiger partial charge on any atom is 0.191 e. The predicted octanol–water partition coefficient (Wildman–Crippen LogP) is 2.34. The monoisotopic (exact) mass is 385 g/mol. The summed E-state index contributed by atoms with van der Waals surface area (Å²) in [5, 5.41) is 6.30. The molecular weight excluding hydrogens is 356 g/mol. The molecule has 1 aromatic carbocycles. The van der Waals surface area contributed by atoms with Crippen LogP contribution < -0.4 is 15.4 Å². The van der Waals surface area contributed by atoms with Gasteiger partial charge in [0, 0.05) is 46.1 Å². The third kappa shape index (κ3) is 8.53. The van der Waals surface area contributed by atoms with E-state index in [1.54, 1.807) is 7.05 Å². The van der Waals surface area contributed by atoms with Crippen LogP contribution in [0.25, 0.3) is 0 Å². The molecule has 0 radical (unpaired) electrons. The van der Waals surface area contributed by atoms with E-state index in [0.717, 1.165) is 57.8 Å². The second kappa shape index (κ2) is 12.5. The molecule has 0 unspecified atom stereocenters. The Morgan fingerprint density at radius 3 is 2.67 bits per heavy atom. The van der Waals surface area contributed by atoms with Gasteiger partial charge in [0.25, 0.3) is 0 Å². The van der Waals surface area contributed by atoms with E-state index >= 15 is 0 Å². The number of nitrogens with one attached hydrogen (secondary N) is 2. The van der Waals surface area contributed by atoms with Crippen LogP contribution in [-0.2, 0) is 9.47 Å². The van der Waals surface area contributed by atoms with E-state index < -0.39 is 11.6 Å². The topological polar surface area (TPSA) is 64.1 Å². The summed E-state index contributed by atoms with van der Waals surface area (Å²) in [6.07, 6.45) is 3.05.